The predicted octanol–water partition coefficient (Wildman–Crippen LogP) is 2.70. The van der Waals surface area contributed by atoms with Crippen LogP contribution in [0.1, 0.15) is 51.4 Å². The lowest BCUT2D eigenvalue weighted by molar-refractivity contribution is -0.138. The van der Waals surface area contributed by atoms with Crippen LogP contribution in [0.25, 0.3) is 0 Å². The average Bonchev–Trinajstić information content (AvgIpc) is 2.99. The summed E-state index contributed by atoms with van der Waals surface area (Å²) >= 11 is 1.90. The lowest BCUT2D eigenvalue weighted by Crippen LogP contribution is -2.51. The lowest BCUT2D eigenvalue weighted by atomic mass is 9.95. The number of rotatable bonds is 5. The molecular formula is C15H26N2O3S. The van der Waals surface area contributed by atoms with Crippen molar-refractivity contribution in [1.82, 2.24) is 10.2 Å². The van der Waals surface area contributed by atoms with Crippen LogP contribution >= 0.6 is 11.8 Å². The number of thioether (sulfide) groups is 1. The Bertz CT molecular complexity index is 364. The number of carboxylic acid groups (broad SMARTS) is 1. The molecule has 0 aromatic heterocycles. The van der Waals surface area contributed by atoms with Gasteiger partial charge in [-0.05, 0) is 44.8 Å². The van der Waals surface area contributed by atoms with Crippen molar-refractivity contribution < 1.29 is 14.7 Å². The number of nitrogens with zero attached hydrogens (tertiary/aromatic N) is 1. The number of carboxylic acids is 1. The fourth-order valence-electron chi connectivity index (χ4n) is 3.43. The number of amides is 2. The minimum Gasteiger partial charge on any atom is -0.480 e. The van der Waals surface area contributed by atoms with Gasteiger partial charge in [0.25, 0.3) is 0 Å². The molecule has 0 bridgehead atoms. The highest BCUT2D eigenvalue weighted by Gasteiger charge is 2.30. The van der Waals surface area contributed by atoms with E-state index in [0.29, 0.717) is 5.25 Å². The van der Waals surface area contributed by atoms with Crippen molar-refractivity contribution in [1.29, 1.82) is 0 Å². The highest BCUT2D eigenvalue weighted by molar-refractivity contribution is 7.99. The van der Waals surface area contributed by atoms with Crippen LogP contribution in [0.15, 0.2) is 0 Å². The minimum absolute atomic E-state index is 0.101. The zero-order valence-electron chi connectivity index (χ0n) is 12.7. The maximum Gasteiger partial charge on any atom is 0.323 e. The van der Waals surface area contributed by atoms with Crippen molar-refractivity contribution in [2.45, 2.75) is 68.7 Å². The SMILES string of the molecule is CSC1CCC(NC(=O)N(CC(=O)O)C2CCCC2)CC1. The van der Waals surface area contributed by atoms with Crippen LogP contribution in [0.4, 0.5) is 4.79 Å². The summed E-state index contributed by atoms with van der Waals surface area (Å²) in [5.74, 6) is -0.928. The van der Waals surface area contributed by atoms with Gasteiger partial charge in [-0.2, -0.15) is 11.8 Å². The van der Waals surface area contributed by atoms with Gasteiger partial charge in [0, 0.05) is 17.3 Å². The molecular weight excluding hydrogens is 288 g/mol. The third-order valence-electron chi connectivity index (χ3n) is 4.67. The number of carbonyl (C=O) groups excluding carboxylic acids is 1. The summed E-state index contributed by atoms with van der Waals surface area (Å²) in [5.41, 5.74) is 0. The van der Waals surface area contributed by atoms with E-state index < -0.39 is 5.97 Å². The summed E-state index contributed by atoms with van der Waals surface area (Å²) in [7, 11) is 0. The van der Waals surface area contributed by atoms with E-state index in [1.54, 1.807) is 0 Å². The quantitative estimate of drug-likeness (QED) is 0.818. The van der Waals surface area contributed by atoms with Crippen LogP contribution in [-0.2, 0) is 4.79 Å². The fraction of sp³-hybridized carbons (Fsp3) is 0.867. The van der Waals surface area contributed by atoms with Crippen molar-refractivity contribution in [3.8, 4) is 0 Å². The third-order valence-corrected chi connectivity index (χ3v) is 5.81. The summed E-state index contributed by atoms with van der Waals surface area (Å²) < 4.78 is 0. The van der Waals surface area contributed by atoms with Crippen LogP contribution in [0.2, 0.25) is 0 Å². The predicted molar refractivity (Wildman–Crippen MR) is 84.7 cm³/mol. The first kappa shape index (κ1) is 16.5. The fourth-order valence-corrected chi connectivity index (χ4v) is 4.17. The van der Waals surface area contributed by atoms with Crippen LogP contribution < -0.4 is 5.32 Å². The van der Waals surface area contributed by atoms with E-state index in [4.69, 9.17) is 5.11 Å². The highest BCUT2D eigenvalue weighted by Crippen LogP contribution is 2.28. The highest BCUT2D eigenvalue weighted by atomic mass is 32.2. The Morgan fingerprint density at radius 3 is 2.29 bits per heavy atom. The lowest BCUT2D eigenvalue weighted by Gasteiger charge is -2.32. The molecule has 6 heteroatoms. The molecule has 21 heavy (non-hydrogen) atoms. The van der Waals surface area contributed by atoms with Gasteiger partial charge in [-0.3, -0.25) is 4.79 Å². The minimum atomic E-state index is -0.928. The first-order chi connectivity index (χ1) is 10.1. The molecule has 2 saturated carbocycles. The van der Waals surface area contributed by atoms with E-state index in [1.165, 1.54) is 4.90 Å². The summed E-state index contributed by atoms with van der Waals surface area (Å²) in [6, 6.07) is 0.124. The van der Waals surface area contributed by atoms with Crippen LogP contribution in [-0.4, -0.2) is 52.1 Å². The topological polar surface area (TPSA) is 69.6 Å². The van der Waals surface area contributed by atoms with Crippen LogP contribution in [0, 0.1) is 0 Å². The number of aliphatic carboxylic acids is 1. The molecule has 2 fully saturated rings. The van der Waals surface area contributed by atoms with Crippen molar-refractivity contribution in [2.75, 3.05) is 12.8 Å². The number of hydrogen-bond acceptors (Lipinski definition) is 3. The zero-order chi connectivity index (χ0) is 15.2. The zero-order valence-corrected chi connectivity index (χ0v) is 13.5. The number of urea groups is 1. The smallest absolute Gasteiger partial charge is 0.323 e. The van der Waals surface area contributed by atoms with Crippen molar-refractivity contribution in [3.63, 3.8) is 0 Å². The van der Waals surface area contributed by atoms with Gasteiger partial charge in [-0.1, -0.05) is 12.8 Å². The molecule has 120 valence electrons. The molecule has 5 nitrogen and oxygen atoms in total. The molecule has 0 aromatic rings. The summed E-state index contributed by atoms with van der Waals surface area (Å²) in [6.45, 7) is -0.184. The van der Waals surface area contributed by atoms with Gasteiger partial charge in [0.2, 0.25) is 0 Å². The van der Waals surface area contributed by atoms with E-state index in [9.17, 15) is 9.59 Å². The number of nitrogens with one attached hydrogen (secondary N) is 1. The number of carbonyl (C=O) groups is 2. The Morgan fingerprint density at radius 2 is 1.76 bits per heavy atom. The summed E-state index contributed by atoms with van der Waals surface area (Å²) in [6.07, 6.45) is 10.5. The van der Waals surface area contributed by atoms with Gasteiger partial charge >= 0.3 is 12.0 Å². The molecule has 2 rings (SSSR count). The molecule has 0 unspecified atom stereocenters. The van der Waals surface area contributed by atoms with Crippen LogP contribution in [0.5, 0.6) is 0 Å². The van der Waals surface area contributed by atoms with Gasteiger partial charge < -0.3 is 15.3 Å². The third kappa shape index (κ3) is 4.80. The van der Waals surface area contributed by atoms with Crippen molar-refractivity contribution in [3.05, 3.63) is 0 Å². The summed E-state index contributed by atoms with van der Waals surface area (Å²) in [4.78, 5) is 25.0. The Hall–Kier alpha value is -0.910. The van der Waals surface area contributed by atoms with Gasteiger partial charge in [0.15, 0.2) is 0 Å². The molecule has 0 heterocycles. The standard InChI is InChI=1S/C15H26N2O3S/c1-21-13-8-6-11(7-9-13)16-15(20)17(10-14(18)19)12-4-2-3-5-12/h11-13H,2-10H2,1H3,(H,16,20)(H,18,19). The second-order valence-electron chi connectivity index (χ2n) is 6.12. The maximum atomic E-state index is 12.4. The first-order valence-corrected chi connectivity index (χ1v) is 9.20. The van der Waals surface area contributed by atoms with E-state index in [-0.39, 0.29) is 24.7 Å². The van der Waals surface area contributed by atoms with E-state index in [2.05, 4.69) is 11.6 Å². The Balaban J connectivity index is 1.87. The second-order valence-corrected chi connectivity index (χ2v) is 7.26. The average molecular weight is 314 g/mol. The molecule has 2 aliphatic rings. The van der Waals surface area contributed by atoms with Gasteiger partial charge in [-0.15, -0.1) is 0 Å². The second kappa shape index (κ2) is 7.92. The van der Waals surface area contributed by atoms with Crippen molar-refractivity contribution in [2.24, 2.45) is 0 Å². The Labute approximate surface area is 130 Å². The van der Waals surface area contributed by atoms with E-state index >= 15 is 0 Å². The molecule has 0 saturated heterocycles. The molecule has 2 N–H and O–H groups in total. The molecule has 0 aliphatic heterocycles. The van der Waals surface area contributed by atoms with E-state index in [1.807, 2.05) is 11.8 Å². The van der Waals surface area contributed by atoms with E-state index in [0.717, 1.165) is 51.4 Å². The van der Waals surface area contributed by atoms with Gasteiger partial charge in [-0.25, -0.2) is 4.79 Å². The van der Waals surface area contributed by atoms with Gasteiger partial charge in [0.1, 0.15) is 6.54 Å². The normalized spacial score (nSPS) is 26.5. The Morgan fingerprint density at radius 1 is 1.14 bits per heavy atom. The number of hydrogen-bond donors (Lipinski definition) is 2. The molecule has 2 aliphatic carbocycles. The monoisotopic (exact) mass is 314 g/mol. The van der Waals surface area contributed by atoms with Crippen molar-refractivity contribution >= 4 is 23.8 Å². The van der Waals surface area contributed by atoms with Gasteiger partial charge in [0.05, 0.1) is 0 Å². The molecule has 0 spiro atoms. The van der Waals surface area contributed by atoms with Crippen LogP contribution in [0.3, 0.4) is 0 Å². The molecule has 2 amide bonds. The molecule has 0 radical (unpaired) electrons. The summed E-state index contributed by atoms with van der Waals surface area (Å²) in [5, 5.41) is 12.8. The molecule has 0 aromatic carbocycles. The largest absolute Gasteiger partial charge is 0.480 e. The molecule has 0 atom stereocenters. The maximum absolute atomic E-state index is 12.4. The first-order valence-electron chi connectivity index (χ1n) is 7.92. The Kier molecular flexibility index (Phi) is 6.21.